The summed E-state index contributed by atoms with van der Waals surface area (Å²) in [6.07, 6.45) is 2.66. The van der Waals surface area contributed by atoms with Gasteiger partial charge in [-0.1, -0.05) is 18.2 Å². The number of aromatic nitrogens is 1. The van der Waals surface area contributed by atoms with Crippen molar-refractivity contribution in [3.63, 3.8) is 0 Å². The van der Waals surface area contributed by atoms with E-state index < -0.39 is 10.0 Å². The van der Waals surface area contributed by atoms with Crippen LogP contribution in [0.1, 0.15) is 37.5 Å². The topological polar surface area (TPSA) is 83.7 Å². The maximum Gasteiger partial charge on any atom is 0.252 e. The van der Waals surface area contributed by atoms with Crippen molar-refractivity contribution >= 4 is 38.4 Å². The SMILES string of the molecule is CN(CCCC(=O)N1CCC[C@H](c2nc3ccccc3o2)C1)S(=O)(=O)c1cccs1. The molecule has 0 N–H and O–H groups in total. The maximum absolute atomic E-state index is 12.7. The van der Waals surface area contributed by atoms with E-state index in [9.17, 15) is 13.2 Å². The van der Waals surface area contributed by atoms with E-state index in [1.54, 1.807) is 24.6 Å². The second-order valence-corrected chi connectivity index (χ2v) is 10.8. The molecule has 0 aliphatic carbocycles. The summed E-state index contributed by atoms with van der Waals surface area (Å²) >= 11 is 1.20. The summed E-state index contributed by atoms with van der Waals surface area (Å²) < 4.78 is 32.5. The van der Waals surface area contributed by atoms with E-state index >= 15 is 0 Å². The lowest BCUT2D eigenvalue weighted by molar-refractivity contribution is -0.132. The fourth-order valence-corrected chi connectivity index (χ4v) is 6.18. The number of nitrogens with zero attached hydrogens (tertiary/aromatic N) is 3. The van der Waals surface area contributed by atoms with Gasteiger partial charge in [0.25, 0.3) is 10.0 Å². The van der Waals surface area contributed by atoms with Gasteiger partial charge in [0.2, 0.25) is 5.91 Å². The smallest absolute Gasteiger partial charge is 0.252 e. The van der Waals surface area contributed by atoms with Crippen LogP contribution in [0.25, 0.3) is 11.1 Å². The molecule has 3 aromatic rings. The zero-order valence-corrected chi connectivity index (χ0v) is 18.5. The van der Waals surface area contributed by atoms with Gasteiger partial charge in [-0.05, 0) is 42.8 Å². The van der Waals surface area contributed by atoms with Crippen LogP contribution in [0.3, 0.4) is 0 Å². The number of sulfonamides is 1. The van der Waals surface area contributed by atoms with E-state index in [1.807, 2.05) is 29.2 Å². The van der Waals surface area contributed by atoms with Crippen LogP contribution in [0.4, 0.5) is 0 Å². The number of carbonyl (C=O) groups excluding carboxylic acids is 1. The molecule has 0 saturated carbocycles. The van der Waals surface area contributed by atoms with Crippen molar-refractivity contribution < 1.29 is 17.6 Å². The van der Waals surface area contributed by atoms with Crippen molar-refractivity contribution in [2.75, 3.05) is 26.7 Å². The summed E-state index contributed by atoms with van der Waals surface area (Å²) in [5.74, 6) is 0.838. The summed E-state index contributed by atoms with van der Waals surface area (Å²) in [6, 6.07) is 11.0. The highest BCUT2D eigenvalue weighted by molar-refractivity contribution is 7.91. The second kappa shape index (κ2) is 8.87. The number of hydrogen-bond donors (Lipinski definition) is 0. The standard InChI is InChI=1S/C21H25N3O4S2/c1-23(30(26,27)20-11-6-14-29-20)12-5-10-19(25)24-13-4-7-16(15-24)21-22-17-8-2-3-9-18(17)28-21/h2-3,6,8-9,11,14,16H,4-5,7,10,12-13,15H2,1H3/t16-/m0/s1. The van der Waals surface area contributed by atoms with Crippen molar-refractivity contribution in [2.24, 2.45) is 0 Å². The van der Waals surface area contributed by atoms with E-state index in [4.69, 9.17) is 4.42 Å². The number of para-hydroxylation sites is 2. The summed E-state index contributed by atoms with van der Waals surface area (Å²) in [5.41, 5.74) is 1.61. The molecule has 4 rings (SSSR count). The molecule has 3 heterocycles. The Labute approximate surface area is 180 Å². The van der Waals surface area contributed by atoms with Gasteiger partial charge < -0.3 is 9.32 Å². The number of fused-ring (bicyclic) bond motifs is 1. The fraction of sp³-hybridized carbons (Fsp3) is 0.429. The van der Waals surface area contributed by atoms with Crippen LogP contribution in [0.2, 0.25) is 0 Å². The molecule has 30 heavy (non-hydrogen) atoms. The Kier molecular flexibility index (Phi) is 6.21. The molecule has 7 nitrogen and oxygen atoms in total. The van der Waals surface area contributed by atoms with Crippen molar-refractivity contribution in [1.29, 1.82) is 0 Å². The lowest BCUT2D eigenvalue weighted by Crippen LogP contribution is -2.39. The van der Waals surface area contributed by atoms with Gasteiger partial charge in [-0.15, -0.1) is 11.3 Å². The van der Waals surface area contributed by atoms with Crippen LogP contribution in [0, 0.1) is 0 Å². The molecule has 1 fully saturated rings. The van der Waals surface area contributed by atoms with Crippen molar-refractivity contribution in [1.82, 2.24) is 14.2 Å². The molecule has 1 amide bonds. The molecule has 0 radical (unpaired) electrons. The van der Waals surface area contributed by atoms with Crippen LogP contribution >= 0.6 is 11.3 Å². The van der Waals surface area contributed by atoms with E-state index in [0.29, 0.717) is 36.0 Å². The first kappa shape index (κ1) is 21.0. The third kappa shape index (κ3) is 4.43. The van der Waals surface area contributed by atoms with Gasteiger partial charge in [0, 0.05) is 33.1 Å². The predicted molar refractivity (Wildman–Crippen MR) is 116 cm³/mol. The van der Waals surface area contributed by atoms with E-state index in [2.05, 4.69) is 4.98 Å². The third-order valence-corrected chi connectivity index (χ3v) is 8.69. The number of thiophene rings is 1. The van der Waals surface area contributed by atoms with E-state index in [-0.39, 0.29) is 11.8 Å². The Hall–Kier alpha value is -2.23. The molecule has 9 heteroatoms. The van der Waals surface area contributed by atoms with Crippen LogP contribution < -0.4 is 0 Å². The Balaban J connectivity index is 1.31. The minimum absolute atomic E-state index is 0.0535. The monoisotopic (exact) mass is 447 g/mol. The van der Waals surface area contributed by atoms with Gasteiger partial charge in [-0.3, -0.25) is 4.79 Å². The Bertz CT molecular complexity index is 1080. The van der Waals surface area contributed by atoms with Crippen LogP contribution in [-0.4, -0.2) is 55.2 Å². The van der Waals surface area contributed by atoms with Gasteiger partial charge in [0.05, 0.1) is 5.92 Å². The van der Waals surface area contributed by atoms with Crippen LogP contribution in [0.5, 0.6) is 0 Å². The zero-order valence-electron chi connectivity index (χ0n) is 16.9. The predicted octanol–water partition coefficient (Wildman–Crippen LogP) is 3.70. The molecule has 160 valence electrons. The number of piperidine rings is 1. The molecule has 1 saturated heterocycles. The molecular formula is C21H25N3O4S2. The van der Waals surface area contributed by atoms with Crippen molar-refractivity contribution in [3.05, 3.63) is 47.7 Å². The van der Waals surface area contributed by atoms with Gasteiger partial charge in [-0.25, -0.2) is 17.7 Å². The lowest BCUT2D eigenvalue weighted by atomic mass is 9.97. The molecule has 0 unspecified atom stereocenters. The van der Waals surface area contributed by atoms with Crippen LogP contribution in [0.15, 0.2) is 50.4 Å². The highest BCUT2D eigenvalue weighted by atomic mass is 32.2. The molecule has 0 bridgehead atoms. The summed E-state index contributed by atoms with van der Waals surface area (Å²) in [6.45, 7) is 1.63. The first-order valence-corrected chi connectivity index (χ1v) is 12.4. The molecule has 0 spiro atoms. The average molecular weight is 448 g/mol. The van der Waals surface area contributed by atoms with Crippen LogP contribution in [-0.2, 0) is 14.8 Å². The number of carbonyl (C=O) groups is 1. The Morgan fingerprint density at radius 2 is 2.13 bits per heavy atom. The maximum atomic E-state index is 12.7. The van der Waals surface area contributed by atoms with Gasteiger partial charge in [-0.2, -0.15) is 0 Å². The minimum atomic E-state index is -3.47. The van der Waals surface area contributed by atoms with Crippen molar-refractivity contribution in [3.8, 4) is 0 Å². The number of rotatable bonds is 7. The highest BCUT2D eigenvalue weighted by Crippen LogP contribution is 2.29. The average Bonchev–Trinajstić information content (AvgIpc) is 3.44. The van der Waals surface area contributed by atoms with Gasteiger partial charge in [0.1, 0.15) is 9.73 Å². The molecule has 1 aliphatic rings. The summed E-state index contributed by atoms with van der Waals surface area (Å²) in [7, 11) is -1.91. The number of amides is 1. The summed E-state index contributed by atoms with van der Waals surface area (Å²) in [5, 5.41) is 1.74. The number of hydrogen-bond acceptors (Lipinski definition) is 6. The quantitative estimate of drug-likeness (QED) is 0.551. The third-order valence-electron chi connectivity index (χ3n) is 5.46. The van der Waals surface area contributed by atoms with E-state index in [0.717, 1.165) is 30.5 Å². The molecular weight excluding hydrogens is 422 g/mol. The molecule has 1 atom stereocenters. The second-order valence-electron chi connectivity index (χ2n) is 7.56. The normalized spacial score (nSPS) is 17.7. The van der Waals surface area contributed by atoms with Crippen molar-refractivity contribution in [2.45, 2.75) is 35.8 Å². The molecule has 2 aromatic heterocycles. The number of oxazole rings is 1. The largest absolute Gasteiger partial charge is 0.440 e. The fourth-order valence-electron chi connectivity index (χ4n) is 3.76. The number of benzene rings is 1. The molecule has 1 aliphatic heterocycles. The van der Waals surface area contributed by atoms with Gasteiger partial charge in [0.15, 0.2) is 11.5 Å². The first-order chi connectivity index (χ1) is 14.4. The summed E-state index contributed by atoms with van der Waals surface area (Å²) in [4.78, 5) is 19.2. The van der Waals surface area contributed by atoms with Gasteiger partial charge >= 0.3 is 0 Å². The minimum Gasteiger partial charge on any atom is -0.440 e. The van der Waals surface area contributed by atoms with E-state index in [1.165, 1.54) is 15.6 Å². The molecule has 1 aromatic carbocycles. The number of likely N-dealkylation sites (tertiary alicyclic amines) is 1. The zero-order chi connectivity index (χ0) is 21.1. The Morgan fingerprint density at radius 1 is 1.30 bits per heavy atom. The first-order valence-electron chi connectivity index (χ1n) is 10.1. The lowest BCUT2D eigenvalue weighted by Gasteiger charge is -2.31. The Morgan fingerprint density at radius 3 is 2.90 bits per heavy atom. The highest BCUT2D eigenvalue weighted by Gasteiger charge is 2.28.